The smallest absolute Gasteiger partial charge is 0.0565 e. The molecule has 1 aromatic carbocycles. The number of benzene rings is 1. The Balaban J connectivity index is 1.70. The Morgan fingerprint density at radius 3 is 2.38 bits per heavy atom. The van der Waals surface area contributed by atoms with E-state index in [1.54, 1.807) is 0 Å². The highest BCUT2D eigenvalue weighted by Gasteiger charge is 2.37. The van der Waals surface area contributed by atoms with E-state index < -0.39 is 0 Å². The van der Waals surface area contributed by atoms with Crippen molar-refractivity contribution in [1.29, 1.82) is 0 Å². The molecule has 0 aliphatic carbocycles. The summed E-state index contributed by atoms with van der Waals surface area (Å²) in [5.41, 5.74) is 19.0. The molecule has 0 unspecified atom stereocenters. The summed E-state index contributed by atoms with van der Waals surface area (Å²) >= 11 is 0. The number of H-pyrrole nitrogens is 1. The van der Waals surface area contributed by atoms with Crippen molar-refractivity contribution in [3.8, 4) is 11.1 Å². The number of allylic oxidation sites excluding steroid dienone is 3. The van der Waals surface area contributed by atoms with Crippen LogP contribution >= 0.6 is 0 Å². The molecule has 0 radical (unpaired) electrons. The monoisotopic (exact) mass is 393 g/mol. The summed E-state index contributed by atoms with van der Waals surface area (Å²) in [7, 11) is 0. The molecule has 1 aromatic heterocycles. The molecule has 0 saturated carbocycles. The molecule has 2 aromatic rings. The lowest BCUT2D eigenvalue weighted by molar-refractivity contribution is 0.128. The topological polar surface area (TPSA) is 92.8 Å². The quantitative estimate of drug-likeness (QED) is 0.564. The van der Waals surface area contributed by atoms with Crippen molar-refractivity contribution in [2.75, 3.05) is 0 Å². The SMILES string of the molecule is Cc1cc(-c2cn[nH]c2)ccc1/C(N)=C/C=C(\N)CC1CC(C)(C)NC(C)(C)C1. The van der Waals surface area contributed by atoms with Gasteiger partial charge in [-0.3, -0.25) is 5.10 Å². The predicted molar refractivity (Wildman–Crippen MR) is 122 cm³/mol. The van der Waals surface area contributed by atoms with Crippen LogP contribution in [-0.4, -0.2) is 21.3 Å². The van der Waals surface area contributed by atoms with E-state index in [2.05, 4.69) is 68.3 Å². The fourth-order valence-corrected chi connectivity index (χ4v) is 4.94. The Morgan fingerprint density at radius 1 is 1.10 bits per heavy atom. The number of aryl methyl sites for hydroxylation is 1. The minimum absolute atomic E-state index is 0.134. The van der Waals surface area contributed by atoms with E-state index in [1.165, 1.54) is 0 Å². The van der Waals surface area contributed by atoms with Crippen LogP contribution in [0.2, 0.25) is 0 Å². The van der Waals surface area contributed by atoms with Crippen LogP contribution in [-0.2, 0) is 0 Å². The second-order valence-corrected chi connectivity index (χ2v) is 9.75. The highest BCUT2D eigenvalue weighted by Crippen LogP contribution is 2.35. The Bertz CT molecular complexity index is 887. The predicted octanol–water partition coefficient (Wildman–Crippen LogP) is 4.47. The second kappa shape index (κ2) is 8.07. The molecule has 1 saturated heterocycles. The molecule has 29 heavy (non-hydrogen) atoms. The molecule has 0 spiro atoms. The maximum absolute atomic E-state index is 6.36. The summed E-state index contributed by atoms with van der Waals surface area (Å²) in [5.74, 6) is 0.572. The zero-order chi connectivity index (χ0) is 21.2. The molecular weight excluding hydrogens is 358 g/mol. The van der Waals surface area contributed by atoms with Crippen LogP contribution in [0.4, 0.5) is 0 Å². The molecule has 0 amide bonds. The molecule has 1 aliphatic heterocycles. The van der Waals surface area contributed by atoms with Crippen molar-refractivity contribution in [2.45, 2.75) is 65.0 Å². The fourth-order valence-electron chi connectivity index (χ4n) is 4.94. The largest absolute Gasteiger partial charge is 0.402 e. The van der Waals surface area contributed by atoms with E-state index >= 15 is 0 Å². The van der Waals surface area contributed by atoms with Gasteiger partial charge in [0.15, 0.2) is 0 Å². The van der Waals surface area contributed by atoms with Crippen molar-refractivity contribution in [1.82, 2.24) is 15.5 Å². The van der Waals surface area contributed by atoms with Crippen molar-refractivity contribution >= 4 is 5.70 Å². The van der Waals surface area contributed by atoms with E-state index in [-0.39, 0.29) is 11.1 Å². The first kappa shape index (κ1) is 21.2. The van der Waals surface area contributed by atoms with Gasteiger partial charge in [-0.1, -0.05) is 18.2 Å². The fraction of sp³-hybridized carbons (Fsp3) is 0.458. The number of rotatable bonds is 5. The Labute approximate surface area is 174 Å². The molecule has 5 heteroatoms. The third-order valence-corrected chi connectivity index (χ3v) is 5.65. The maximum Gasteiger partial charge on any atom is 0.0565 e. The summed E-state index contributed by atoms with van der Waals surface area (Å²) in [6.07, 6.45) is 10.8. The van der Waals surface area contributed by atoms with E-state index in [9.17, 15) is 0 Å². The van der Waals surface area contributed by atoms with Gasteiger partial charge in [-0.25, -0.2) is 0 Å². The highest BCUT2D eigenvalue weighted by atomic mass is 15.1. The first-order chi connectivity index (χ1) is 13.5. The van der Waals surface area contributed by atoms with Crippen LogP contribution < -0.4 is 16.8 Å². The van der Waals surface area contributed by atoms with Crippen LogP contribution in [0.15, 0.2) is 48.4 Å². The number of nitrogens with one attached hydrogen (secondary N) is 2. The van der Waals surface area contributed by atoms with Crippen molar-refractivity contribution in [3.05, 3.63) is 59.6 Å². The van der Waals surface area contributed by atoms with E-state index in [0.29, 0.717) is 5.92 Å². The summed E-state index contributed by atoms with van der Waals surface area (Å²) in [6, 6.07) is 6.26. The van der Waals surface area contributed by atoms with Crippen LogP contribution in [0.1, 0.15) is 58.1 Å². The number of aromatic amines is 1. The van der Waals surface area contributed by atoms with Gasteiger partial charge in [0, 0.05) is 39.8 Å². The molecule has 6 N–H and O–H groups in total. The molecule has 1 fully saturated rings. The lowest BCUT2D eigenvalue weighted by atomic mass is 9.74. The van der Waals surface area contributed by atoms with Crippen LogP contribution in [0, 0.1) is 12.8 Å². The van der Waals surface area contributed by atoms with Gasteiger partial charge in [-0.15, -0.1) is 0 Å². The van der Waals surface area contributed by atoms with Crippen molar-refractivity contribution < 1.29 is 0 Å². The van der Waals surface area contributed by atoms with Crippen molar-refractivity contribution in [2.24, 2.45) is 17.4 Å². The Morgan fingerprint density at radius 2 is 1.79 bits per heavy atom. The third kappa shape index (κ3) is 5.51. The third-order valence-electron chi connectivity index (χ3n) is 5.65. The molecule has 5 nitrogen and oxygen atoms in total. The number of hydrogen-bond acceptors (Lipinski definition) is 4. The van der Waals surface area contributed by atoms with Gasteiger partial charge in [0.1, 0.15) is 0 Å². The highest BCUT2D eigenvalue weighted by molar-refractivity contribution is 5.72. The number of nitrogens with zero attached hydrogens (tertiary/aromatic N) is 1. The van der Waals surface area contributed by atoms with Crippen LogP contribution in [0.25, 0.3) is 16.8 Å². The second-order valence-electron chi connectivity index (χ2n) is 9.75. The Hall–Kier alpha value is -2.53. The molecule has 0 bridgehead atoms. The zero-order valence-electron chi connectivity index (χ0n) is 18.3. The zero-order valence-corrected chi connectivity index (χ0v) is 18.3. The van der Waals surface area contributed by atoms with Gasteiger partial charge in [0.25, 0.3) is 0 Å². The number of hydrogen-bond donors (Lipinski definition) is 4. The maximum atomic E-state index is 6.36. The number of aromatic nitrogens is 2. The standard InChI is InChI=1S/C24H35N5/c1-16-10-18(19-14-27-28-15-19)6-8-21(16)22(26)9-7-20(25)11-17-12-23(2,3)29-24(4,5)13-17/h6-10,14-15,17,29H,11-13,25-26H2,1-5H3,(H,27,28)/b20-7-,22-9-. The minimum Gasteiger partial charge on any atom is -0.402 e. The summed E-state index contributed by atoms with van der Waals surface area (Å²) in [4.78, 5) is 0. The summed E-state index contributed by atoms with van der Waals surface area (Å²) < 4.78 is 0. The average molecular weight is 394 g/mol. The lowest BCUT2D eigenvalue weighted by Crippen LogP contribution is -2.57. The van der Waals surface area contributed by atoms with Crippen molar-refractivity contribution in [3.63, 3.8) is 0 Å². The van der Waals surface area contributed by atoms with E-state index in [0.717, 1.165) is 52.9 Å². The average Bonchev–Trinajstić information content (AvgIpc) is 3.11. The van der Waals surface area contributed by atoms with E-state index in [1.807, 2.05) is 24.5 Å². The van der Waals surface area contributed by atoms with E-state index in [4.69, 9.17) is 11.5 Å². The number of piperidine rings is 1. The molecule has 1 aliphatic rings. The number of nitrogens with two attached hydrogens (primary N) is 2. The minimum atomic E-state index is 0.134. The molecule has 0 atom stereocenters. The molecule has 3 rings (SSSR count). The molecule has 2 heterocycles. The summed E-state index contributed by atoms with van der Waals surface area (Å²) in [5, 5.41) is 10.6. The van der Waals surface area contributed by atoms with Gasteiger partial charge in [0.2, 0.25) is 0 Å². The molecular formula is C24H35N5. The normalized spacial score (nSPS) is 20.0. The summed E-state index contributed by atoms with van der Waals surface area (Å²) in [6.45, 7) is 11.2. The van der Waals surface area contributed by atoms with Crippen LogP contribution in [0.3, 0.4) is 0 Å². The van der Waals surface area contributed by atoms with Gasteiger partial charge in [-0.2, -0.15) is 5.10 Å². The van der Waals surface area contributed by atoms with Gasteiger partial charge in [-0.05, 0) is 83.1 Å². The first-order valence-corrected chi connectivity index (χ1v) is 10.4. The Kier molecular flexibility index (Phi) is 5.90. The lowest BCUT2D eigenvalue weighted by Gasteiger charge is -2.46. The molecule has 156 valence electrons. The van der Waals surface area contributed by atoms with Gasteiger partial charge in [0.05, 0.1) is 6.20 Å². The first-order valence-electron chi connectivity index (χ1n) is 10.4. The van der Waals surface area contributed by atoms with Gasteiger partial charge >= 0.3 is 0 Å². The van der Waals surface area contributed by atoms with Gasteiger partial charge < -0.3 is 16.8 Å². The van der Waals surface area contributed by atoms with Crippen LogP contribution in [0.5, 0.6) is 0 Å².